The van der Waals surface area contributed by atoms with Crippen LogP contribution < -0.4 is 20.3 Å². The Morgan fingerprint density at radius 1 is 1.13 bits per heavy atom. The van der Waals surface area contributed by atoms with Crippen molar-refractivity contribution in [3.05, 3.63) is 52.3 Å². The van der Waals surface area contributed by atoms with Gasteiger partial charge >= 0.3 is 0 Å². The highest BCUT2D eigenvalue weighted by molar-refractivity contribution is 7.20. The van der Waals surface area contributed by atoms with Crippen LogP contribution in [-0.4, -0.2) is 30.5 Å². The van der Waals surface area contributed by atoms with Crippen molar-refractivity contribution in [1.29, 1.82) is 0 Å². The van der Waals surface area contributed by atoms with Gasteiger partial charge in [0.05, 0.1) is 30.7 Å². The fourth-order valence-corrected chi connectivity index (χ4v) is 4.20. The molecule has 0 saturated carbocycles. The first-order chi connectivity index (χ1) is 14.6. The Morgan fingerprint density at radius 3 is 2.73 bits per heavy atom. The van der Waals surface area contributed by atoms with E-state index >= 15 is 0 Å². The first-order valence-corrected chi connectivity index (χ1v) is 11.2. The Kier molecular flexibility index (Phi) is 7.81. The minimum atomic E-state index is -0.445. The van der Waals surface area contributed by atoms with Crippen LogP contribution in [0.1, 0.15) is 35.8 Å². The van der Waals surface area contributed by atoms with E-state index in [0.717, 1.165) is 22.7 Å². The van der Waals surface area contributed by atoms with E-state index in [2.05, 4.69) is 22.8 Å². The zero-order chi connectivity index (χ0) is 21.3. The van der Waals surface area contributed by atoms with Crippen molar-refractivity contribution < 1.29 is 19.1 Å². The Labute approximate surface area is 183 Å². The lowest BCUT2D eigenvalue weighted by atomic mass is 10.2. The van der Waals surface area contributed by atoms with Crippen molar-refractivity contribution in [3.63, 3.8) is 0 Å². The average Bonchev–Trinajstić information content (AvgIpc) is 3.44. The maximum absolute atomic E-state index is 12.4. The summed E-state index contributed by atoms with van der Waals surface area (Å²) in [6.07, 6.45) is 2.04. The Morgan fingerprint density at radius 2 is 2.00 bits per heavy atom. The SMILES string of the molecule is CCCCOc1ccc(C(=O)NNC(=O)Cc2csc(-c3cccs3)n2)cc1OC. The van der Waals surface area contributed by atoms with Gasteiger partial charge < -0.3 is 9.47 Å². The minimum Gasteiger partial charge on any atom is -0.493 e. The quantitative estimate of drug-likeness (QED) is 0.383. The second-order valence-electron chi connectivity index (χ2n) is 6.37. The number of methoxy groups -OCH3 is 1. The van der Waals surface area contributed by atoms with Gasteiger partial charge in [-0.15, -0.1) is 22.7 Å². The summed E-state index contributed by atoms with van der Waals surface area (Å²) in [5.74, 6) is 0.252. The molecule has 1 aromatic carbocycles. The molecule has 0 aliphatic heterocycles. The van der Waals surface area contributed by atoms with Crippen molar-refractivity contribution >= 4 is 34.5 Å². The summed E-state index contributed by atoms with van der Waals surface area (Å²) < 4.78 is 11.0. The molecule has 0 saturated heterocycles. The molecule has 2 aromatic heterocycles. The number of thiazole rings is 1. The summed E-state index contributed by atoms with van der Waals surface area (Å²) in [4.78, 5) is 30.1. The maximum Gasteiger partial charge on any atom is 0.269 e. The van der Waals surface area contributed by atoms with Crippen molar-refractivity contribution in [1.82, 2.24) is 15.8 Å². The van der Waals surface area contributed by atoms with Gasteiger partial charge in [-0.1, -0.05) is 19.4 Å². The summed E-state index contributed by atoms with van der Waals surface area (Å²) >= 11 is 3.09. The van der Waals surface area contributed by atoms with Gasteiger partial charge in [-0.25, -0.2) is 4.98 Å². The van der Waals surface area contributed by atoms with Gasteiger partial charge in [0.1, 0.15) is 5.01 Å². The average molecular weight is 446 g/mol. The Balaban J connectivity index is 1.52. The molecule has 30 heavy (non-hydrogen) atoms. The van der Waals surface area contributed by atoms with Crippen molar-refractivity contribution in [2.24, 2.45) is 0 Å². The molecule has 158 valence electrons. The monoisotopic (exact) mass is 445 g/mol. The number of hydrogen-bond acceptors (Lipinski definition) is 7. The molecule has 7 nitrogen and oxygen atoms in total. The summed E-state index contributed by atoms with van der Waals surface area (Å²) in [6, 6.07) is 8.84. The van der Waals surface area contributed by atoms with E-state index in [1.807, 2.05) is 22.9 Å². The number of hydrazine groups is 1. The third-order valence-electron chi connectivity index (χ3n) is 4.12. The van der Waals surface area contributed by atoms with Crippen molar-refractivity contribution in [2.45, 2.75) is 26.2 Å². The third kappa shape index (κ3) is 5.80. The number of benzene rings is 1. The van der Waals surface area contributed by atoms with Crippen LogP contribution in [0.4, 0.5) is 0 Å². The molecule has 3 aromatic rings. The molecule has 0 bridgehead atoms. The van der Waals surface area contributed by atoms with Crippen LogP contribution in [-0.2, 0) is 11.2 Å². The predicted molar refractivity (Wildman–Crippen MR) is 118 cm³/mol. The topological polar surface area (TPSA) is 89.6 Å². The molecule has 0 fully saturated rings. The number of hydrogen-bond donors (Lipinski definition) is 2. The lowest BCUT2D eigenvalue weighted by molar-refractivity contribution is -0.121. The summed E-state index contributed by atoms with van der Waals surface area (Å²) in [5, 5.41) is 4.71. The van der Waals surface area contributed by atoms with Crippen LogP contribution in [0, 0.1) is 0 Å². The first-order valence-electron chi connectivity index (χ1n) is 9.49. The molecule has 0 aliphatic carbocycles. The van der Waals surface area contributed by atoms with Crippen LogP contribution in [0.3, 0.4) is 0 Å². The Bertz CT molecular complexity index is 986. The number of amides is 2. The van der Waals surface area contributed by atoms with Gasteiger partial charge in [-0.3, -0.25) is 20.4 Å². The lowest BCUT2D eigenvalue weighted by Crippen LogP contribution is -2.42. The number of thiophene rings is 1. The molecule has 0 radical (unpaired) electrons. The summed E-state index contributed by atoms with van der Waals surface area (Å²) in [7, 11) is 1.52. The highest BCUT2D eigenvalue weighted by Gasteiger charge is 2.14. The molecular weight excluding hydrogens is 422 g/mol. The normalized spacial score (nSPS) is 10.5. The first kappa shape index (κ1) is 21.8. The van der Waals surface area contributed by atoms with Crippen LogP contribution in [0.5, 0.6) is 11.5 Å². The molecule has 2 amide bonds. The van der Waals surface area contributed by atoms with Crippen molar-refractivity contribution in [2.75, 3.05) is 13.7 Å². The zero-order valence-electron chi connectivity index (χ0n) is 16.8. The van der Waals surface area contributed by atoms with Crippen LogP contribution in [0.2, 0.25) is 0 Å². The highest BCUT2D eigenvalue weighted by atomic mass is 32.1. The number of carbonyl (C=O) groups is 2. The van der Waals surface area contributed by atoms with Gasteiger partial charge in [0.15, 0.2) is 11.5 Å². The Hall–Kier alpha value is -2.91. The number of carbonyl (C=O) groups excluding carboxylic acids is 2. The second-order valence-corrected chi connectivity index (χ2v) is 8.17. The molecule has 2 N–H and O–H groups in total. The number of nitrogens with zero attached hydrogens (tertiary/aromatic N) is 1. The van der Waals surface area contributed by atoms with E-state index in [-0.39, 0.29) is 12.3 Å². The second kappa shape index (κ2) is 10.7. The largest absolute Gasteiger partial charge is 0.493 e. The highest BCUT2D eigenvalue weighted by Crippen LogP contribution is 2.29. The minimum absolute atomic E-state index is 0.0791. The van der Waals surface area contributed by atoms with Crippen LogP contribution >= 0.6 is 22.7 Å². The van der Waals surface area contributed by atoms with E-state index in [1.54, 1.807) is 29.5 Å². The molecule has 0 atom stereocenters. The van der Waals surface area contributed by atoms with Crippen LogP contribution in [0.15, 0.2) is 41.1 Å². The predicted octanol–water partition coefficient (Wildman–Crippen LogP) is 4.06. The van der Waals surface area contributed by atoms with E-state index in [4.69, 9.17) is 9.47 Å². The number of unbranched alkanes of at least 4 members (excludes halogenated alkanes) is 1. The molecule has 0 spiro atoms. The fraction of sp³-hybridized carbons (Fsp3) is 0.286. The van der Waals surface area contributed by atoms with Gasteiger partial charge in [0, 0.05) is 10.9 Å². The van der Waals surface area contributed by atoms with Gasteiger partial charge in [-0.05, 0) is 36.1 Å². The molecular formula is C21H23N3O4S2. The van der Waals surface area contributed by atoms with Crippen LogP contribution in [0.25, 0.3) is 9.88 Å². The van der Waals surface area contributed by atoms with E-state index < -0.39 is 5.91 Å². The maximum atomic E-state index is 12.4. The molecule has 0 unspecified atom stereocenters. The van der Waals surface area contributed by atoms with E-state index in [0.29, 0.717) is 29.4 Å². The molecule has 9 heteroatoms. The standard InChI is InChI=1S/C21H23N3O4S2/c1-3-4-9-28-16-8-7-14(11-17(16)27-2)20(26)24-23-19(25)12-15-13-30-21(22-15)18-6-5-10-29-18/h5-8,10-11,13H,3-4,9,12H2,1-2H3,(H,23,25)(H,24,26). The van der Waals surface area contributed by atoms with E-state index in [1.165, 1.54) is 18.4 Å². The molecule has 2 heterocycles. The molecule has 0 aliphatic rings. The lowest BCUT2D eigenvalue weighted by Gasteiger charge is -2.12. The summed E-state index contributed by atoms with van der Waals surface area (Å²) in [5.41, 5.74) is 5.85. The molecule has 3 rings (SSSR count). The number of aromatic nitrogens is 1. The number of ether oxygens (including phenoxy) is 2. The van der Waals surface area contributed by atoms with Gasteiger partial charge in [-0.2, -0.15) is 0 Å². The van der Waals surface area contributed by atoms with Gasteiger partial charge in [0.25, 0.3) is 5.91 Å². The van der Waals surface area contributed by atoms with Gasteiger partial charge in [0.2, 0.25) is 5.91 Å². The number of nitrogens with one attached hydrogen (secondary N) is 2. The fourth-order valence-electron chi connectivity index (χ4n) is 2.56. The summed E-state index contributed by atoms with van der Waals surface area (Å²) in [6.45, 7) is 2.67. The number of rotatable bonds is 9. The zero-order valence-corrected chi connectivity index (χ0v) is 18.4. The third-order valence-corrected chi connectivity index (χ3v) is 6.05. The van der Waals surface area contributed by atoms with Crippen molar-refractivity contribution in [3.8, 4) is 21.4 Å². The smallest absolute Gasteiger partial charge is 0.269 e. The van der Waals surface area contributed by atoms with E-state index in [9.17, 15) is 9.59 Å².